The van der Waals surface area contributed by atoms with Gasteiger partial charge in [0.15, 0.2) is 11.9 Å². The molecule has 100 valence electrons. The summed E-state index contributed by atoms with van der Waals surface area (Å²) in [5.41, 5.74) is 0. The SMILES string of the molecule is COC(CNC(=O)c1ccc(CSC)o1)C(=O)O. The van der Waals surface area contributed by atoms with Gasteiger partial charge < -0.3 is 19.6 Å². The summed E-state index contributed by atoms with van der Waals surface area (Å²) in [5, 5.41) is 11.2. The Hall–Kier alpha value is -1.47. The highest BCUT2D eigenvalue weighted by atomic mass is 32.2. The van der Waals surface area contributed by atoms with E-state index in [2.05, 4.69) is 5.32 Å². The Morgan fingerprint density at radius 2 is 2.28 bits per heavy atom. The number of aliphatic carboxylic acids is 1. The van der Waals surface area contributed by atoms with Crippen LogP contribution in [0, 0.1) is 0 Å². The van der Waals surface area contributed by atoms with Crippen molar-refractivity contribution in [3.8, 4) is 0 Å². The number of methoxy groups -OCH3 is 1. The van der Waals surface area contributed by atoms with E-state index in [1.807, 2.05) is 6.26 Å². The van der Waals surface area contributed by atoms with Gasteiger partial charge in [-0.3, -0.25) is 4.79 Å². The lowest BCUT2D eigenvalue weighted by atomic mass is 10.3. The molecule has 1 unspecified atom stereocenters. The maximum absolute atomic E-state index is 11.6. The van der Waals surface area contributed by atoms with Crippen LogP contribution < -0.4 is 5.32 Å². The van der Waals surface area contributed by atoms with Crippen LogP contribution in [-0.4, -0.2) is 43.0 Å². The Balaban J connectivity index is 2.51. The van der Waals surface area contributed by atoms with Crippen LogP contribution in [0.15, 0.2) is 16.5 Å². The van der Waals surface area contributed by atoms with Gasteiger partial charge in [-0.05, 0) is 18.4 Å². The van der Waals surface area contributed by atoms with Gasteiger partial charge in [-0.15, -0.1) is 0 Å². The average molecular weight is 273 g/mol. The highest BCUT2D eigenvalue weighted by molar-refractivity contribution is 7.97. The van der Waals surface area contributed by atoms with Crippen LogP contribution >= 0.6 is 11.8 Å². The molecular weight excluding hydrogens is 258 g/mol. The zero-order valence-corrected chi connectivity index (χ0v) is 11.0. The first kappa shape index (κ1) is 14.6. The molecule has 0 bridgehead atoms. The molecule has 0 aliphatic rings. The summed E-state index contributed by atoms with van der Waals surface area (Å²) in [4.78, 5) is 22.3. The monoisotopic (exact) mass is 273 g/mol. The van der Waals surface area contributed by atoms with E-state index < -0.39 is 18.0 Å². The zero-order valence-electron chi connectivity index (χ0n) is 10.1. The molecule has 7 heteroatoms. The molecule has 1 rings (SSSR count). The van der Waals surface area contributed by atoms with E-state index in [0.29, 0.717) is 11.5 Å². The highest BCUT2D eigenvalue weighted by Crippen LogP contribution is 2.13. The second kappa shape index (κ2) is 7.07. The van der Waals surface area contributed by atoms with Gasteiger partial charge in [0, 0.05) is 7.11 Å². The molecule has 1 aromatic heterocycles. The van der Waals surface area contributed by atoms with E-state index in [0.717, 1.165) is 0 Å². The van der Waals surface area contributed by atoms with E-state index in [9.17, 15) is 9.59 Å². The summed E-state index contributed by atoms with van der Waals surface area (Å²) in [6.45, 7) is -0.108. The van der Waals surface area contributed by atoms with Crippen LogP contribution in [-0.2, 0) is 15.3 Å². The molecule has 1 heterocycles. The van der Waals surface area contributed by atoms with E-state index in [1.54, 1.807) is 23.9 Å². The average Bonchev–Trinajstić information content (AvgIpc) is 2.78. The number of carbonyl (C=O) groups excluding carboxylic acids is 1. The summed E-state index contributed by atoms with van der Waals surface area (Å²) >= 11 is 1.58. The van der Waals surface area contributed by atoms with E-state index >= 15 is 0 Å². The minimum absolute atomic E-state index is 0.108. The third-order valence-electron chi connectivity index (χ3n) is 2.18. The lowest BCUT2D eigenvalue weighted by Crippen LogP contribution is -2.37. The standard InChI is InChI=1S/C11H15NO5S/c1-16-9(11(14)15)5-12-10(13)8-4-3-7(17-8)6-18-2/h3-4,9H,5-6H2,1-2H3,(H,12,13)(H,14,15). The number of rotatable bonds is 7. The second-order valence-electron chi connectivity index (χ2n) is 3.47. The summed E-state index contributed by atoms with van der Waals surface area (Å²) < 4.78 is 9.98. The van der Waals surface area contributed by atoms with Crippen LogP contribution in [0.5, 0.6) is 0 Å². The minimum Gasteiger partial charge on any atom is -0.479 e. The number of hydrogen-bond donors (Lipinski definition) is 2. The number of ether oxygens (including phenoxy) is 1. The lowest BCUT2D eigenvalue weighted by molar-refractivity contribution is -0.148. The first-order valence-electron chi connectivity index (χ1n) is 5.20. The Kier molecular flexibility index (Phi) is 5.73. The summed E-state index contributed by atoms with van der Waals surface area (Å²) in [6.07, 6.45) is 0.868. The third kappa shape index (κ3) is 4.08. The molecule has 0 aliphatic heterocycles. The van der Waals surface area contributed by atoms with Gasteiger partial charge >= 0.3 is 5.97 Å². The predicted octanol–water partition coefficient (Wildman–Crippen LogP) is 0.972. The van der Waals surface area contributed by atoms with Crippen LogP contribution in [0.3, 0.4) is 0 Å². The van der Waals surface area contributed by atoms with Crippen molar-refractivity contribution in [3.63, 3.8) is 0 Å². The molecule has 2 N–H and O–H groups in total. The van der Waals surface area contributed by atoms with Gasteiger partial charge in [0.2, 0.25) is 0 Å². The number of carbonyl (C=O) groups is 2. The van der Waals surface area contributed by atoms with Gasteiger partial charge in [-0.25, -0.2) is 4.79 Å². The van der Waals surface area contributed by atoms with Gasteiger partial charge in [-0.2, -0.15) is 11.8 Å². The number of thioether (sulfide) groups is 1. The molecule has 0 fully saturated rings. The Bertz CT molecular complexity index is 417. The van der Waals surface area contributed by atoms with Crippen molar-refractivity contribution in [2.45, 2.75) is 11.9 Å². The highest BCUT2D eigenvalue weighted by Gasteiger charge is 2.18. The number of carboxylic acids is 1. The molecule has 1 atom stereocenters. The number of carboxylic acid groups (broad SMARTS) is 1. The van der Waals surface area contributed by atoms with Crippen LogP contribution in [0.1, 0.15) is 16.3 Å². The Morgan fingerprint density at radius 1 is 1.56 bits per heavy atom. The van der Waals surface area contributed by atoms with E-state index in [1.165, 1.54) is 7.11 Å². The number of amides is 1. The third-order valence-corrected chi connectivity index (χ3v) is 2.75. The zero-order chi connectivity index (χ0) is 13.5. The van der Waals surface area contributed by atoms with E-state index in [-0.39, 0.29) is 12.3 Å². The van der Waals surface area contributed by atoms with Crippen LogP contribution in [0.2, 0.25) is 0 Å². The molecule has 0 saturated carbocycles. The maximum atomic E-state index is 11.6. The van der Waals surface area contributed by atoms with Crippen molar-refractivity contribution in [3.05, 3.63) is 23.7 Å². The quantitative estimate of drug-likeness (QED) is 0.769. The minimum atomic E-state index is -1.12. The fourth-order valence-electron chi connectivity index (χ4n) is 1.26. The first-order valence-corrected chi connectivity index (χ1v) is 6.59. The predicted molar refractivity (Wildman–Crippen MR) is 66.7 cm³/mol. The molecule has 18 heavy (non-hydrogen) atoms. The smallest absolute Gasteiger partial charge is 0.334 e. The number of furan rings is 1. The molecule has 1 aromatic rings. The Morgan fingerprint density at radius 3 is 2.83 bits per heavy atom. The molecule has 0 aliphatic carbocycles. The molecule has 1 amide bonds. The maximum Gasteiger partial charge on any atom is 0.334 e. The summed E-state index contributed by atoms with van der Waals surface area (Å²) in [7, 11) is 1.27. The second-order valence-corrected chi connectivity index (χ2v) is 4.34. The molecule has 0 saturated heterocycles. The molecule has 0 aromatic carbocycles. The van der Waals surface area contributed by atoms with Gasteiger partial charge in [0.25, 0.3) is 5.91 Å². The number of nitrogens with one attached hydrogen (secondary N) is 1. The van der Waals surface area contributed by atoms with Gasteiger partial charge in [-0.1, -0.05) is 0 Å². The van der Waals surface area contributed by atoms with Crippen molar-refractivity contribution in [2.24, 2.45) is 0 Å². The van der Waals surface area contributed by atoms with Crippen molar-refractivity contribution in [2.75, 3.05) is 19.9 Å². The van der Waals surface area contributed by atoms with Crippen molar-refractivity contribution in [1.29, 1.82) is 0 Å². The topological polar surface area (TPSA) is 88.8 Å². The molecule has 0 radical (unpaired) electrons. The van der Waals surface area contributed by atoms with E-state index in [4.69, 9.17) is 14.3 Å². The fraction of sp³-hybridized carbons (Fsp3) is 0.455. The largest absolute Gasteiger partial charge is 0.479 e. The number of hydrogen-bond acceptors (Lipinski definition) is 5. The first-order chi connectivity index (χ1) is 8.58. The van der Waals surface area contributed by atoms with Gasteiger partial charge in [0.1, 0.15) is 5.76 Å². The fourth-order valence-corrected chi connectivity index (χ4v) is 1.70. The normalized spacial score (nSPS) is 12.1. The Labute approximate surface area is 109 Å². The molecule has 0 spiro atoms. The summed E-state index contributed by atoms with van der Waals surface area (Å²) in [6, 6.07) is 3.28. The van der Waals surface area contributed by atoms with Gasteiger partial charge in [0.05, 0.1) is 12.3 Å². The van der Waals surface area contributed by atoms with Crippen LogP contribution in [0.25, 0.3) is 0 Å². The van der Waals surface area contributed by atoms with Crippen molar-refractivity contribution in [1.82, 2.24) is 5.32 Å². The molecular formula is C11H15NO5S. The van der Waals surface area contributed by atoms with Crippen molar-refractivity contribution >= 4 is 23.6 Å². The summed E-state index contributed by atoms with van der Waals surface area (Å²) in [5.74, 6) is -0.0252. The molecule has 6 nitrogen and oxygen atoms in total. The lowest BCUT2D eigenvalue weighted by Gasteiger charge is -2.10. The van der Waals surface area contributed by atoms with Crippen molar-refractivity contribution < 1.29 is 23.8 Å². The van der Waals surface area contributed by atoms with Crippen LogP contribution in [0.4, 0.5) is 0 Å².